The van der Waals surface area contributed by atoms with Gasteiger partial charge < -0.3 is 14.9 Å². The van der Waals surface area contributed by atoms with Crippen molar-refractivity contribution in [2.24, 2.45) is 0 Å². The van der Waals surface area contributed by atoms with E-state index < -0.39 is 35.5 Å². The van der Waals surface area contributed by atoms with Crippen molar-refractivity contribution in [2.45, 2.75) is 24.9 Å². The summed E-state index contributed by atoms with van der Waals surface area (Å²) in [5, 5.41) is 18.9. The molecule has 8 heteroatoms. The standard InChI is InChI=1S/C15H15FN2O5/c16-9-3-1-8(2-4-9)10-6-18(15(22)17-14(10)21)13-5-11(20)12(7-19)23-13/h1-4,6,11-13,19-20H,5,7H2,(H,17,21,22)/t11-,12+,13+/m0/s1/i16-1. The lowest BCUT2D eigenvalue weighted by molar-refractivity contribution is -0.0458. The number of rotatable bonds is 3. The lowest BCUT2D eigenvalue weighted by Gasteiger charge is -2.15. The molecule has 122 valence electrons. The fourth-order valence-corrected chi connectivity index (χ4v) is 2.58. The van der Waals surface area contributed by atoms with Crippen LogP contribution in [-0.4, -0.2) is 38.6 Å². The number of aromatic nitrogens is 2. The van der Waals surface area contributed by atoms with Crippen LogP contribution >= 0.6 is 0 Å². The monoisotopic (exact) mass is 321 g/mol. The third-order valence-corrected chi connectivity index (χ3v) is 3.82. The molecule has 2 heterocycles. The van der Waals surface area contributed by atoms with Crippen LogP contribution in [0.1, 0.15) is 12.6 Å². The summed E-state index contributed by atoms with van der Waals surface area (Å²) in [6.07, 6.45) is -1.07. The second kappa shape index (κ2) is 6.07. The maximum Gasteiger partial charge on any atom is 0.330 e. The van der Waals surface area contributed by atoms with Crippen LogP contribution in [0.15, 0.2) is 40.1 Å². The Bertz CT molecular complexity index is 814. The van der Waals surface area contributed by atoms with Crippen LogP contribution in [0.5, 0.6) is 0 Å². The summed E-state index contributed by atoms with van der Waals surface area (Å²) in [6.45, 7) is -0.374. The van der Waals surface area contributed by atoms with Crippen LogP contribution in [0.4, 0.5) is 4.39 Å². The Morgan fingerprint density at radius 1 is 1.30 bits per heavy atom. The number of H-pyrrole nitrogens is 1. The molecule has 0 amide bonds. The maximum atomic E-state index is 13.0. The molecular formula is C15H15FN2O5. The van der Waals surface area contributed by atoms with Gasteiger partial charge in [0.05, 0.1) is 18.3 Å². The molecule has 0 spiro atoms. The quantitative estimate of drug-likeness (QED) is 0.737. The van der Waals surface area contributed by atoms with E-state index in [1.807, 2.05) is 0 Å². The Labute approximate surface area is 129 Å². The van der Waals surface area contributed by atoms with Crippen molar-refractivity contribution in [3.05, 3.63) is 57.1 Å². The van der Waals surface area contributed by atoms with Gasteiger partial charge in [-0.25, -0.2) is 9.18 Å². The molecule has 0 unspecified atom stereocenters. The van der Waals surface area contributed by atoms with E-state index in [1.54, 1.807) is 0 Å². The summed E-state index contributed by atoms with van der Waals surface area (Å²) < 4.78 is 19.6. The normalized spacial score (nSPS) is 24.0. The predicted octanol–water partition coefficient (Wildman–Crippen LogP) is -0.0166. The highest BCUT2D eigenvalue weighted by Gasteiger charge is 2.35. The van der Waals surface area contributed by atoms with E-state index in [-0.39, 0.29) is 18.6 Å². The van der Waals surface area contributed by atoms with E-state index in [0.29, 0.717) is 5.56 Å². The molecule has 2 aromatic rings. The summed E-state index contributed by atoms with van der Waals surface area (Å²) in [7, 11) is 0. The Balaban J connectivity index is 2.03. The molecule has 3 N–H and O–H groups in total. The molecule has 1 fully saturated rings. The lowest BCUT2D eigenvalue weighted by atomic mass is 10.1. The second-order valence-electron chi connectivity index (χ2n) is 5.33. The first-order valence-corrected chi connectivity index (χ1v) is 7.05. The van der Waals surface area contributed by atoms with Crippen molar-refractivity contribution in [1.82, 2.24) is 9.55 Å². The maximum absolute atomic E-state index is 13.0. The van der Waals surface area contributed by atoms with Gasteiger partial charge in [-0.2, -0.15) is 0 Å². The lowest BCUT2D eigenvalue weighted by Crippen LogP contribution is -2.33. The second-order valence-corrected chi connectivity index (χ2v) is 5.33. The SMILES string of the molecule is O=c1[nH]c(=O)n([C@H]2C[C@H](O)[C@@H](CO)O2)cc1-c1ccc([18F])cc1. The number of halogens is 1. The Morgan fingerprint density at radius 2 is 2.00 bits per heavy atom. The summed E-state index contributed by atoms with van der Waals surface area (Å²) in [4.78, 5) is 26.2. The van der Waals surface area contributed by atoms with Gasteiger partial charge in [0.25, 0.3) is 5.56 Å². The van der Waals surface area contributed by atoms with Crippen LogP contribution in [0.25, 0.3) is 11.1 Å². The van der Waals surface area contributed by atoms with Gasteiger partial charge in [-0.3, -0.25) is 14.3 Å². The van der Waals surface area contributed by atoms with Crippen LogP contribution in [-0.2, 0) is 4.74 Å². The van der Waals surface area contributed by atoms with Gasteiger partial charge in [-0.15, -0.1) is 0 Å². The van der Waals surface area contributed by atoms with Gasteiger partial charge in [0.2, 0.25) is 0 Å². The van der Waals surface area contributed by atoms with Gasteiger partial charge in [-0.1, -0.05) is 12.1 Å². The smallest absolute Gasteiger partial charge is 0.330 e. The molecule has 0 saturated carbocycles. The Hall–Kier alpha value is -2.29. The van der Waals surface area contributed by atoms with Gasteiger partial charge in [0, 0.05) is 12.6 Å². The number of benzene rings is 1. The molecule has 1 aliphatic heterocycles. The zero-order valence-corrected chi connectivity index (χ0v) is 12.0. The Kier molecular flexibility index (Phi) is 4.12. The molecule has 0 aliphatic carbocycles. The average Bonchev–Trinajstić information content (AvgIpc) is 2.89. The van der Waals surface area contributed by atoms with E-state index in [1.165, 1.54) is 30.5 Å². The van der Waals surface area contributed by atoms with E-state index in [9.17, 15) is 19.1 Å². The molecule has 1 saturated heterocycles. The molecule has 3 rings (SSSR count). The van der Waals surface area contributed by atoms with Crippen LogP contribution in [0, 0.1) is 5.82 Å². The Morgan fingerprint density at radius 3 is 2.61 bits per heavy atom. The summed E-state index contributed by atoms with van der Waals surface area (Å²) in [5.41, 5.74) is -0.666. The summed E-state index contributed by atoms with van der Waals surface area (Å²) in [5.74, 6) is -0.438. The molecule has 23 heavy (non-hydrogen) atoms. The number of ether oxygens (including phenoxy) is 1. The number of hydrogen-bond donors (Lipinski definition) is 3. The minimum atomic E-state index is -0.905. The van der Waals surface area contributed by atoms with Crippen molar-refractivity contribution in [1.29, 1.82) is 0 Å². The number of aromatic amines is 1. The highest BCUT2D eigenvalue weighted by Crippen LogP contribution is 2.28. The molecule has 0 radical (unpaired) electrons. The van der Waals surface area contributed by atoms with Crippen LogP contribution in [0.2, 0.25) is 0 Å². The number of aliphatic hydroxyl groups is 2. The number of hydrogen-bond acceptors (Lipinski definition) is 5. The van der Waals surface area contributed by atoms with Crippen LogP contribution in [0.3, 0.4) is 0 Å². The predicted molar refractivity (Wildman–Crippen MR) is 78.3 cm³/mol. The minimum Gasteiger partial charge on any atom is -0.394 e. The zero-order chi connectivity index (χ0) is 16.6. The van der Waals surface area contributed by atoms with Gasteiger partial charge in [-0.05, 0) is 17.7 Å². The van der Waals surface area contributed by atoms with Crippen LogP contribution < -0.4 is 11.2 Å². The number of nitrogens with one attached hydrogen (secondary N) is 1. The molecular weight excluding hydrogens is 306 g/mol. The molecule has 0 bridgehead atoms. The van der Waals surface area contributed by atoms with E-state index in [4.69, 9.17) is 9.84 Å². The third kappa shape index (κ3) is 2.96. The van der Waals surface area contributed by atoms with Crippen molar-refractivity contribution >= 4 is 0 Å². The van der Waals surface area contributed by atoms with Gasteiger partial charge in [0.1, 0.15) is 18.1 Å². The third-order valence-electron chi connectivity index (χ3n) is 3.82. The topological polar surface area (TPSA) is 105 Å². The molecule has 1 aromatic heterocycles. The minimum absolute atomic E-state index is 0.111. The average molecular weight is 321 g/mol. The highest BCUT2D eigenvalue weighted by atomic mass is 18.2. The molecule has 7 nitrogen and oxygen atoms in total. The number of aliphatic hydroxyl groups excluding tert-OH is 2. The first-order chi connectivity index (χ1) is 11.0. The van der Waals surface area contributed by atoms with E-state index in [2.05, 4.69) is 4.98 Å². The van der Waals surface area contributed by atoms with E-state index in [0.717, 1.165) is 4.57 Å². The molecule has 1 aliphatic rings. The fourth-order valence-electron chi connectivity index (χ4n) is 2.58. The molecule has 1 aromatic carbocycles. The largest absolute Gasteiger partial charge is 0.394 e. The summed E-state index contributed by atoms with van der Waals surface area (Å²) >= 11 is 0. The van der Waals surface area contributed by atoms with Crippen molar-refractivity contribution in [3.63, 3.8) is 0 Å². The first kappa shape index (κ1) is 15.6. The van der Waals surface area contributed by atoms with Crippen molar-refractivity contribution in [2.75, 3.05) is 6.61 Å². The molecule has 3 atom stereocenters. The highest BCUT2D eigenvalue weighted by molar-refractivity contribution is 5.61. The van der Waals surface area contributed by atoms with Gasteiger partial charge >= 0.3 is 5.69 Å². The fraction of sp³-hybridized carbons (Fsp3) is 0.333. The van der Waals surface area contributed by atoms with Crippen molar-refractivity contribution < 1.29 is 19.3 Å². The first-order valence-electron chi connectivity index (χ1n) is 7.05. The summed E-state index contributed by atoms with van der Waals surface area (Å²) in [6, 6.07) is 5.27. The van der Waals surface area contributed by atoms with Gasteiger partial charge in [0.15, 0.2) is 0 Å². The zero-order valence-electron chi connectivity index (χ0n) is 12.0. The number of nitrogens with zero attached hydrogens (tertiary/aromatic N) is 1. The van der Waals surface area contributed by atoms with Crippen molar-refractivity contribution in [3.8, 4) is 11.1 Å². The van der Waals surface area contributed by atoms with E-state index >= 15 is 0 Å².